The molecule has 0 saturated heterocycles. The Kier molecular flexibility index (Phi) is 1.88. The normalized spacial score (nSPS) is 18.0. The highest BCUT2D eigenvalue weighted by atomic mass is 16.1. The van der Waals surface area contributed by atoms with Gasteiger partial charge in [-0.15, -0.1) is 0 Å². The average molecular weight is 125 g/mol. The molecule has 1 fully saturated rings. The molecule has 1 aliphatic carbocycles. The van der Waals surface area contributed by atoms with Crippen LogP contribution in [0.5, 0.6) is 0 Å². The lowest BCUT2D eigenvalue weighted by molar-refractivity contribution is -0.113. The molecular weight excluding hydrogens is 114 g/mol. The van der Waals surface area contributed by atoms with Crippen molar-refractivity contribution in [3.8, 4) is 0 Å². The SMILES string of the molecule is NC(=O)C=C1CCCC1. The fourth-order valence-electron chi connectivity index (χ4n) is 1.17. The fraction of sp³-hybridized carbons (Fsp3) is 0.571. The highest BCUT2D eigenvalue weighted by Gasteiger charge is 2.06. The van der Waals surface area contributed by atoms with Crippen molar-refractivity contribution < 1.29 is 4.79 Å². The van der Waals surface area contributed by atoms with Gasteiger partial charge in [0, 0.05) is 6.08 Å². The van der Waals surface area contributed by atoms with Gasteiger partial charge in [-0.05, 0) is 25.7 Å². The van der Waals surface area contributed by atoms with Gasteiger partial charge < -0.3 is 5.73 Å². The van der Waals surface area contributed by atoms with E-state index >= 15 is 0 Å². The Hall–Kier alpha value is -0.790. The maximum absolute atomic E-state index is 10.3. The van der Waals surface area contributed by atoms with Crippen LogP contribution in [0, 0.1) is 0 Å². The number of carbonyl (C=O) groups excluding carboxylic acids is 1. The molecule has 2 N–H and O–H groups in total. The second-order valence-electron chi connectivity index (χ2n) is 2.41. The van der Waals surface area contributed by atoms with E-state index in [1.165, 1.54) is 18.4 Å². The number of amides is 1. The van der Waals surface area contributed by atoms with Crippen LogP contribution in [0.1, 0.15) is 25.7 Å². The molecule has 1 saturated carbocycles. The van der Waals surface area contributed by atoms with E-state index in [0.29, 0.717) is 0 Å². The average Bonchev–Trinajstić information content (AvgIpc) is 2.15. The highest BCUT2D eigenvalue weighted by molar-refractivity contribution is 5.86. The lowest BCUT2D eigenvalue weighted by Gasteiger charge is -1.88. The van der Waals surface area contributed by atoms with Crippen LogP contribution in [0.3, 0.4) is 0 Å². The van der Waals surface area contributed by atoms with Gasteiger partial charge in [0.1, 0.15) is 0 Å². The van der Waals surface area contributed by atoms with E-state index in [4.69, 9.17) is 5.73 Å². The van der Waals surface area contributed by atoms with E-state index in [2.05, 4.69) is 0 Å². The first-order chi connectivity index (χ1) is 4.29. The van der Waals surface area contributed by atoms with Crippen LogP contribution in [-0.2, 0) is 4.79 Å². The summed E-state index contributed by atoms with van der Waals surface area (Å²) in [6.07, 6.45) is 6.15. The second-order valence-corrected chi connectivity index (χ2v) is 2.41. The predicted molar refractivity (Wildman–Crippen MR) is 35.7 cm³/mol. The molecule has 0 aromatic rings. The summed E-state index contributed by atoms with van der Waals surface area (Å²) in [6, 6.07) is 0. The van der Waals surface area contributed by atoms with E-state index in [0.717, 1.165) is 12.8 Å². The Morgan fingerprint density at radius 2 is 2.00 bits per heavy atom. The molecule has 1 aliphatic rings. The van der Waals surface area contributed by atoms with Crippen molar-refractivity contribution in [2.24, 2.45) is 5.73 Å². The van der Waals surface area contributed by atoms with Crippen LogP contribution in [0.4, 0.5) is 0 Å². The Bertz CT molecular complexity index is 141. The van der Waals surface area contributed by atoms with Gasteiger partial charge in [0.25, 0.3) is 0 Å². The van der Waals surface area contributed by atoms with E-state index in [9.17, 15) is 4.79 Å². The first kappa shape index (κ1) is 6.33. The van der Waals surface area contributed by atoms with Crippen molar-refractivity contribution in [1.82, 2.24) is 0 Å². The van der Waals surface area contributed by atoms with Crippen molar-refractivity contribution >= 4 is 5.91 Å². The van der Waals surface area contributed by atoms with Gasteiger partial charge in [0.2, 0.25) is 5.91 Å². The second kappa shape index (κ2) is 2.67. The summed E-state index contributed by atoms with van der Waals surface area (Å²) in [4.78, 5) is 10.3. The van der Waals surface area contributed by atoms with E-state index in [1.807, 2.05) is 0 Å². The molecule has 0 aliphatic heterocycles. The van der Waals surface area contributed by atoms with Gasteiger partial charge in [-0.25, -0.2) is 0 Å². The lowest BCUT2D eigenvalue weighted by atomic mass is 10.2. The summed E-state index contributed by atoms with van der Waals surface area (Å²) in [6.45, 7) is 0. The Morgan fingerprint density at radius 3 is 2.44 bits per heavy atom. The molecule has 0 atom stereocenters. The largest absolute Gasteiger partial charge is 0.366 e. The van der Waals surface area contributed by atoms with Gasteiger partial charge in [-0.1, -0.05) is 5.57 Å². The van der Waals surface area contributed by atoms with Gasteiger partial charge in [-0.3, -0.25) is 4.79 Å². The summed E-state index contributed by atoms with van der Waals surface area (Å²) in [7, 11) is 0. The van der Waals surface area contributed by atoms with Crippen molar-refractivity contribution in [3.05, 3.63) is 11.6 Å². The number of hydrogen-bond acceptors (Lipinski definition) is 1. The zero-order valence-electron chi connectivity index (χ0n) is 5.39. The van der Waals surface area contributed by atoms with Gasteiger partial charge >= 0.3 is 0 Å². The molecule has 1 amide bonds. The standard InChI is InChI=1S/C7H11NO/c8-7(9)5-6-3-1-2-4-6/h5H,1-4H2,(H2,8,9). The van der Waals surface area contributed by atoms with E-state index in [1.54, 1.807) is 6.08 Å². The third-order valence-corrected chi connectivity index (χ3v) is 1.59. The Balaban J connectivity index is 2.49. The lowest BCUT2D eigenvalue weighted by Crippen LogP contribution is -2.06. The molecule has 0 aromatic carbocycles. The zero-order chi connectivity index (χ0) is 6.69. The minimum absolute atomic E-state index is 0.299. The van der Waals surface area contributed by atoms with Crippen LogP contribution in [0.2, 0.25) is 0 Å². The third-order valence-electron chi connectivity index (χ3n) is 1.59. The molecule has 2 nitrogen and oxygen atoms in total. The maximum atomic E-state index is 10.3. The minimum atomic E-state index is -0.299. The summed E-state index contributed by atoms with van der Waals surface area (Å²) in [5, 5.41) is 0. The molecule has 0 spiro atoms. The first-order valence-electron chi connectivity index (χ1n) is 3.28. The first-order valence-corrected chi connectivity index (χ1v) is 3.28. The van der Waals surface area contributed by atoms with Crippen LogP contribution >= 0.6 is 0 Å². The summed E-state index contributed by atoms with van der Waals surface area (Å²) < 4.78 is 0. The molecule has 0 aromatic heterocycles. The van der Waals surface area contributed by atoms with E-state index in [-0.39, 0.29) is 5.91 Å². The molecule has 0 heterocycles. The quantitative estimate of drug-likeness (QED) is 0.521. The van der Waals surface area contributed by atoms with Crippen molar-refractivity contribution in [2.75, 3.05) is 0 Å². The van der Waals surface area contributed by atoms with Crippen LogP contribution in [-0.4, -0.2) is 5.91 Å². The van der Waals surface area contributed by atoms with E-state index < -0.39 is 0 Å². The predicted octanol–water partition coefficient (Wildman–Crippen LogP) is 0.972. The van der Waals surface area contributed by atoms with Gasteiger partial charge in [-0.2, -0.15) is 0 Å². The number of allylic oxidation sites excluding steroid dienone is 1. The molecule has 9 heavy (non-hydrogen) atoms. The number of nitrogens with two attached hydrogens (primary N) is 1. The third kappa shape index (κ3) is 1.88. The molecule has 2 heteroatoms. The highest BCUT2D eigenvalue weighted by Crippen LogP contribution is 2.22. The topological polar surface area (TPSA) is 43.1 Å². The summed E-state index contributed by atoms with van der Waals surface area (Å²) in [5.41, 5.74) is 6.18. The number of hydrogen-bond donors (Lipinski definition) is 1. The summed E-state index contributed by atoms with van der Waals surface area (Å²) >= 11 is 0. The summed E-state index contributed by atoms with van der Waals surface area (Å²) in [5.74, 6) is -0.299. The smallest absolute Gasteiger partial charge is 0.241 e. The zero-order valence-corrected chi connectivity index (χ0v) is 5.39. The molecule has 0 unspecified atom stereocenters. The van der Waals surface area contributed by atoms with Crippen molar-refractivity contribution in [1.29, 1.82) is 0 Å². The molecule has 1 rings (SSSR count). The number of primary amides is 1. The fourth-order valence-corrected chi connectivity index (χ4v) is 1.17. The van der Waals surface area contributed by atoms with Gasteiger partial charge in [0.15, 0.2) is 0 Å². The van der Waals surface area contributed by atoms with Crippen LogP contribution in [0.25, 0.3) is 0 Å². The van der Waals surface area contributed by atoms with Gasteiger partial charge in [0.05, 0.1) is 0 Å². The Morgan fingerprint density at radius 1 is 1.44 bits per heavy atom. The minimum Gasteiger partial charge on any atom is -0.366 e. The molecule has 50 valence electrons. The van der Waals surface area contributed by atoms with Crippen LogP contribution in [0.15, 0.2) is 11.6 Å². The van der Waals surface area contributed by atoms with Crippen LogP contribution < -0.4 is 5.73 Å². The maximum Gasteiger partial charge on any atom is 0.241 e. The Labute approximate surface area is 54.7 Å². The number of rotatable bonds is 1. The monoisotopic (exact) mass is 125 g/mol. The number of carbonyl (C=O) groups is 1. The van der Waals surface area contributed by atoms with Crippen molar-refractivity contribution in [3.63, 3.8) is 0 Å². The molecular formula is C7H11NO. The van der Waals surface area contributed by atoms with Crippen molar-refractivity contribution in [2.45, 2.75) is 25.7 Å². The molecule has 0 bridgehead atoms. The molecule has 0 radical (unpaired) electrons.